The summed E-state index contributed by atoms with van der Waals surface area (Å²) in [6.45, 7) is 0. The Bertz CT molecular complexity index is 296. The van der Waals surface area contributed by atoms with Crippen LogP contribution in [0.25, 0.3) is 0 Å². The summed E-state index contributed by atoms with van der Waals surface area (Å²) < 4.78 is 12.5. The van der Waals surface area contributed by atoms with E-state index in [1.165, 1.54) is 6.07 Å². The van der Waals surface area contributed by atoms with Gasteiger partial charge in [-0.3, -0.25) is 4.79 Å². The summed E-state index contributed by atoms with van der Waals surface area (Å²) in [6.07, 6.45) is -0.251. The Morgan fingerprint density at radius 2 is 2.33 bits per heavy atom. The summed E-state index contributed by atoms with van der Waals surface area (Å²) in [4.78, 5) is 13.5. The summed E-state index contributed by atoms with van der Waals surface area (Å²) in [5, 5.41) is 8.33. The average molecular weight is 190 g/mol. The van der Waals surface area contributed by atoms with Crippen molar-refractivity contribution in [1.82, 2.24) is 4.98 Å². The summed E-state index contributed by atoms with van der Waals surface area (Å²) >= 11 is 5.39. The van der Waals surface area contributed by atoms with E-state index in [2.05, 4.69) is 4.98 Å². The maximum atomic E-state index is 12.5. The Labute approximate surface area is 72.8 Å². The van der Waals surface area contributed by atoms with E-state index in [-0.39, 0.29) is 11.6 Å². The predicted octanol–water partition coefficient (Wildman–Crippen LogP) is 1.50. The largest absolute Gasteiger partial charge is 0.481 e. The number of aromatic nitrogens is 1. The van der Waals surface area contributed by atoms with Gasteiger partial charge in [-0.2, -0.15) is 4.39 Å². The number of carboxylic acids is 1. The summed E-state index contributed by atoms with van der Waals surface area (Å²) in [6, 6.07) is 2.36. The highest BCUT2D eigenvalue weighted by Gasteiger charge is 2.04. The van der Waals surface area contributed by atoms with E-state index in [4.69, 9.17) is 16.7 Å². The lowest BCUT2D eigenvalue weighted by atomic mass is 10.2. The lowest BCUT2D eigenvalue weighted by Crippen LogP contribution is -2.01. The molecule has 1 N–H and O–H groups in total. The summed E-state index contributed by atoms with van der Waals surface area (Å²) in [5.41, 5.74) is 0.306. The molecule has 0 saturated heterocycles. The topological polar surface area (TPSA) is 50.2 Å². The van der Waals surface area contributed by atoms with Gasteiger partial charge in [-0.15, -0.1) is 0 Å². The molecule has 0 fully saturated rings. The number of nitrogens with zero attached hydrogens (tertiary/aromatic N) is 1. The molecule has 0 amide bonds. The molecule has 0 aliphatic carbocycles. The molecule has 0 bridgehead atoms. The lowest BCUT2D eigenvalue weighted by molar-refractivity contribution is -0.136. The third kappa shape index (κ3) is 2.47. The van der Waals surface area contributed by atoms with Crippen molar-refractivity contribution < 1.29 is 14.3 Å². The maximum absolute atomic E-state index is 12.5. The minimum absolute atomic E-state index is 0.0359. The Morgan fingerprint density at radius 1 is 1.67 bits per heavy atom. The van der Waals surface area contributed by atoms with Crippen molar-refractivity contribution >= 4 is 17.6 Å². The molecule has 1 rings (SSSR count). The summed E-state index contributed by atoms with van der Waals surface area (Å²) in [7, 11) is 0. The van der Waals surface area contributed by atoms with Gasteiger partial charge in [0.05, 0.1) is 6.42 Å². The van der Waals surface area contributed by atoms with Gasteiger partial charge in [-0.1, -0.05) is 11.6 Å². The average Bonchev–Trinajstić information content (AvgIpc) is 1.81. The molecule has 64 valence electrons. The van der Waals surface area contributed by atoms with Crippen molar-refractivity contribution in [3.8, 4) is 0 Å². The molecular weight excluding hydrogens is 185 g/mol. The second kappa shape index (κ2) is 3.49. The van der Waals surface area contributed by atoms with Gasteiger partial charge < -0.3 is 5.11 Å². The van der Waals surface area contributed by atoms with Crippen LogP contribution >= 0.6 is 11.6 Å². The fraction of sp³-hybridized carbons (Fsp3) is 0.143. The van der Waals surface area contributed by atoms with Gasteiger partial charge in [-0.05, 0) is 17.7 Å². The molecule has 0 radical (unpaired) electrons. The van der Waals surface area contributed by atoms with Crippen LogP contribution in [0.3, 0.4) is 0 Å². The quantitative estimate of drug-likeness (QED) is 0.718. The molecular formula is C7H5ClFNO2. The third-order valence-corrected chi connectivity index (χ3v) is 1.37. The van der Waals surface area contributed by atoms with Crippen LogP contribution in [0, 0.1) is 5.95 Å². The number of carboxylic acid groups (broad SMARTS) is 1. The number of hydrogen-bond donors (Lipinski definition) is 1. The van der Waals surface area contributed by atoms with Crippen LogP contribution in [0.5, 0.6) is 0 Å². The Balaban J connectivity index is 2.93. The van der Waals surface area contributed by atoms with Crippen molar-refractivity contribution in [3.05, 3.63) is 28.8 Å². The fourth-order valence-corrected chi connectivity index (χ4v) is 1.01. The first-order chi connectivity index (χ1) is 5.58. The minimum atomic E-state index is -1.03. The normalized spacial score (nSPS) is 9.83. The van der Waals surface area contributed by atoms with Gasteiger partial charge in [0, 0.05) is 0 Å². The van der Waals surface area contributed by atoms with Gasteiger partial charge in [0.1, 0.15) is 5.15 Å². The van der Waals surface area contributed by atoms with E-state index in [1.807, 2.05) is 0 Å². The van der Waals surface area contributed by atoms with Gasteiger partial charge in [-0.25, -0.2) is 4.98 Å². The number of pyridine rings is 1. The Morgan fingerprint density at radius 3 is 2.83 bits per heavy atom. The fourth-order valence-electron chi connectivity index (χ4n) is 0.791. The number of aliphatic carboxylic acids is 1. The molecule has 0 aliphatic rings. The zero-order valence-corrected chi connectivity index (χ0v) is 6.68. The van der Waals surface area contributed by atoms with Crippen LogP contribution < -0.4 is 0 Å². The molecule has 0 aliphatic heterocycles. The van der Waals surface area contributed by atoms with Crippen molar-refractivity contribution in [2.45, 2.75) is 6.42 Å². The number of carbonyl (C=O) groups is 1. The second-order valence-corrected chi connectivity index (χ2v) is 2.58. The van der Waals surface area contributed by atoms with E-state index < -0.39 is 11.9 Å². The van der Waals surface area contributed by atoms with Crippen LogP contribution in [0.2, 0.25) is 5.15 Å². The third-order valence-electron chi connectivity index (χ3n) is 1.18. The van der Waals surface area contributed by atoms with Crippen molar-refractivity contribution in [3.63, 3.8) is 0 Å². The Kier molecular flexibility index (Phi) is 2.60. The molecule has 1 heterocycles. The SMILES string of the molecule is O=C(O)Cc1cc(F)nc(Cl)c1. The van der Waals surface area contributed by atoms with Crippen LogP contribution in [-0.4, -0.2) is 16.1 Å². The van der Waals surface area contributed by atoms with Gasteiger partial charge >= 0.3 is 5.97 Å². The molecule has 0 saturated carbocycles. The van der Waals surface area contributed by atoms with Gasteiger partial charge in [0.2, 0.25) is 5.95 Å². The van der Waals surface area contributed by atoms with Gasteiger partial charge in [0.15, 0.2) is 0 Å². The minimum Gasteiger partial charge on any atom is -0.481 e. The second-order valence-electron chi connectivity index (χ2n) is 2.19. The lowest BCUT2D eigenvalue weighted by Gasteiger charge is -1.96. The van der Waals surface area contributed by atoms with E-state index in [0.29, 0.717) is 5.56 Å². The molecule has 3 nitrogen and oxygen atoms in total. The van der Waals surface area contributed by atoms with Crippen molar-refractivity contribution in [2.24, 2.45) is 0 Å². The van der Waals surface area contributed by atoms with Crippen molar-refractivity contribution in [1.29, 1.82) is 0 Å². The molecule has 12 heavy (non-hydrogen) atoms. The van der Waals surface area contributed by atoms with Crippen molar-refractivity contribution in [2.75, 3.05) is 0 Å². The van der Waals surface area contributed by atoms with Crippen LogP contribution in [0.1, 0.15) is 5.56 Å². The molecule has 0 unspecified atom stereocenters. The highest BCUT2D eigenvalue weighted by Crippen LogP contribution is 2.10. The highest BCUT2D eigenvalue weighted by molar-refractivity contribution is 6.29. The van der Waals surface area contributed by atoms with Gasteiger partial charge in [0.25, 0.3) is 0 Å². The van der Waals surface area contributed by atoms with Crippen LogP contribution in [0.4, 0.5) is 4.39 Å². The first-order valence-corrected chi connectivity index (χ1v) is 3.49. The van der Waals surface area contributed by atoms with Crippen LogP contribution in [0.15, 0.2) is 12.1 Å². The first kappa shape index (κ1) is 8.93. The first-order valence-electron chi connectivity index (χ1n) is 3.11. The number of hydrogen-bond acceptors (Lipinski definition) is 2. The molecule has 0 aromatic carbocycles. The molecule has 1 aromatic heterocycles. The molecule has 0 atom stereocenters. The van der Waals surface area contributed by atoms with Crippen LogP contribution in [-0.2, 0) is 11.2 Å². The number of halogens is 2. The monoisotopic (exact) mass is 189 g/mol. The van der Waals surface area contributed by atoms with E-state index in [0.717, 1.165) is 6.07 Å². The Hall–Kier alpha value is -1.16. The smallest absolute Gasteiger partial charge is 0.307 e. The molecule has 1 aromatic rings. The maximum Gasteiger partial charge on any atom is 0.307 e. The summed E-state index contributed by atoms with van der Waals surface area (Å²) in [5.74, 6) is -1.80. The van der Waals surface area contributed by atoms with E-state index in [1.54, 1.807) is 0 Å². The standard InChI is InChI=1S/C7H5ClFNO2/c8-5-1-4(3-7(11)12)2-6(9)10-5/h1-2H,3H2,(H,11,12). The molecule has 5 heteroatoms. The zero-order chi connectivity index (χ0) is 9.14. The zero-order valence-electron chi connectivity index (χ0n) is 5.92. The predicted molar refractivity (Wildman–Crippen MR) is 40.5 cm³/mol. The van der Waals surface area contributed by atoms with E-state index >= 15 is 0 Å². The highest BCUT2D eigenvalue weighted by atomic mass is 35.5. The molecule has 0 spiro atoms. The number of rotatable bonds is 2. The van der Waals surface area contributed by atoms with E-state index in [9.17, 15) is 9.18 Å².